The molecule has 2 aliphatic rings. The molecule has 0 unspecified atom stereocenters. The minimum atomic E-state index is 0.0144. The Balaban J connectivity index is 1.38. The molecule has 0 radical (unpaired) electrons. The van der Waals surface area contributed by atoms with Crippen molar-refractivity contribution in [1.29, 1.82) is 0 Å². The number of Topliss-reactive ketones (excluding diaryl/α,β-unsaturated/α-hetero) is 1. The monoisotopic (exact) mass is 500 g/mol. The first-order valence-corrected chi connectivity index (χ1v) is 12.8. The number of benzene rings is 1. The van der Waals surface area contributed by atoms with Crippen LogP contribution < -0.4 is 9.80 Å². The number of morpholine rings is 1. The van der Waals surface area contributed by atoms with Crippen molar-refractivity contribution in [3.8, 4) is 22.6 Å². The van der Waals surface area contributed by atoms with Crippen molar-refractivity contribution in [1.82, 2.24) is 29.8 Å². The number of anilines is 2. The number of imidazole rings is 1. The SMILES string of the molecule is CC(=O)c1c(C)[nH]c(-c2nc3nc(N4CCN(C)CC4)ncc3[nH]2)c1-c1ccc(N2CCOCC2)cc1. The highest BCUT2D eigenvalue weighted by atomic mass is 16.5. The van der Waals surface area contributed by atoms with Gasteiger partial charge in [0, 0.05) is 61.8 Å². The first-order chi connectivity index (χ1) is 18.0. The third kappa shape index (κ3) is 4.47. The normalized spacial score (nSPS) is 17.1. The first kappa shape index (κ1) is 23.6. The van der Waals surface area contributed by atoms with Crippen molar-refractivity contribution in [2.75, 3.05) is 69.3 Å². The number of aromatic nitrogens is 5. The Morgan fingerprint density at radius 3 is 2.38 bits per heavy atom. The highest BCUT2D eigenvalue weighted by Crippen LogP contribution is 2.37. The lowest BCUT2D eigenvalue weighted by atomic mass is 9.97. The second kappa shape index (κ2) is 9.60. The number of carbonyl (C=O) groups is 1. The fourth-order valence-corrected chi connectivity index (χ4v) is 5.27. The van der Waals surface area contributed by atoms with Gasteiger partial charge in [-0.3, -0.25) is 4.79 Å². The molecule has 2 aliphatic heterocycles. The lowest BCUT2D eigenvalue weighted by Crippen LogP contribution is -2.45. The Morgan fingerprint density at radius 2 is 1.68 bits per heavy atom. The number of piperazine rings is 1. The third-order valence-electron chi connectivity index (χ3n) is 7.32. The van der Waals surface area contributed by atoms with E-state index in [2.05, 4.69) is 61.0 Å². The van der Waals surface area contributed by atoms with Gasteiger partial charge >= 0.3 is 0 Å². The molecule has 2 fully saturated rings. The van der Waals surface area contributed by atoms with Gasteiger partial charge in [0.25, 0.3) is 0 Å². The number of ketones is 1. The summed E-state index contributed by atoms with van der Waals surface area (Å²) in [5.74, 6) is 1.35. The molecule has 2 saturated heterocycles. The maximum Gasteiger partial charge on any atom is 0.227 e. The number of fused-ring (bicyclic) bond motifs is 1. The molecule has 0 saturated carbocycles. The zero-order valence-electron chi connectivity index (χ0n) is 21.5. The van der Waals surface area contributed by atoms with E-state index in [-0.39, 0.29) is 5.78 Å². The number of ether oxygens (including phenoxy) is 1. The Hall–Kier alpha value is -3.76. The van der Waals surface area contributed by atoms with Gasteiger partial charge in [-0.2, -0.15) is 4.98 Å². The van der Waals surface area contributed by atoms with Crippen molar-refractivity contribution < 1.29 is 9.53 Å². The molecule has 0 bridgehead atoms. The molecule has 6 rings (SSSR count). The Bertz CT molecular complexity index is 1430. The van der Waals surface area contributed by atoms with Crippen molar-refractivity contribution in [3.63, 3.8) is 0 Å². The second-order valence-electron chi connectivity index (χ2n) is 9.86. The zero-order chi connectivity index (χ0) is 25.5. The summed E-state index contributed by atoms with van der Waals surface area (Å²) < 4.78 is 5.49. The summed E-state index contributed by atoms with van der Waals surface area (Å²) in [6, 6.07) is 8.39. The van der Waals surface area contributed by atoms with E-state index in [0.717, 1.165) is 86.2 Å². The van der Waals surface area contributed by atoms with Crippen LogP contribution in [0.5, 0.6) is 0 Å². The summed E-state index contributed by atoms with van der Waals surface area (Å²) in [4.78, 5) is 40.5. The van der Waals surface area contributed by atoms with Crippen LogP contribution in [0.2, 0.25) is 0 Å². The van der Waals surface area contributed by atoms with Crippen LogP contribution in [-0.2, 0) is 4.74 Å². The van der Waals surface area contributed by atoms with E-state index in [1.54, 1.807) is 13.1 Å². The maximum absolute atomic E-state index is 12.7. The fourth-order valence-electron chi connectivity index (χ4n) is 5.27. The van der Waals surface area contributed by atoms with Gasteiger partial charge in [-0.25, -0.2) is 9.97 Å². The molecule has 0 atom stereocenters. The van der Waals surface area contributed by atoms with Crippen molar-refractivity contribution >= 4 is 28.6 Å². The van der Waals surface area contributed by atoms with E-state index in [4.69, 9.17) is 14.7 Å². The fraction of sp³-hybridized carbons (Fsp3) is 0.407. The molecule has 0 amide bonds. The van der Waals surface area contributed by atoms with Gasteiger partial charge in [-0.1, -0.05) is 12.1 Å². The standard InChI is InChI=1S/C27H32N8O2/c1-17-22(18(2)36)23(19-4-6-20(7-5-19)34-12-14-37-15-13-34)24(29-17)26-30-21-16-28-27(32-25(21)31-26)35-10-8-33(3)9-11-35/h4-7,16,29H,8-15H2,1-3H3,(H,28,30,31,32). The molecular formula is C27H32N8O2. The maximum atomic E-state index is 12.7. The highest BCUT2D eigenvalue weighted by Gasteiger charge is 2.24. The number of aryl methyl sites for hydroxylation is 1. The zero-order valence-corrected chi connectivity index (χ0v) is 21.5. The van der Waals surface area contributed by atoms with E-state index in [9.17, 15) is 4.79 Å². The van der Waals surface area contributed by atoms with Crippen molar-refractivity contribution in [2.45, 2.75) is 13.8 Å². The van der Waals surface area contributed by atoms with Crippen LogP contribution in [0, 0.1) is 6.92 Å². The number of rotatable bonds is 5. The average Bonchev–Trinajstić information content (AvgIpc) is 3.50. The predicted molar refractivity (Wildman–Crippen MR) is 144 cm³/mol. The summed E-state index contributed by atoms with van der Waals surface area (Å²) in [6.45, 7) is 10.5. The minimum absolute atomic E-state index is 0.0144. The average molecular weight is 501 g/mol. The molecule has 10 nitrogen and oxygen atoms in total. The van der Waals surface area contributed by atoms with Crippen LogP contribution in [0.3, 0.4) is 0 Å². The smallest absolute Gasteiger partial charge is 0.227 e. The summed E-state index contributed by atoms with van der Waals surface area (Å²) in [7, 11) is 2.13. The van der Waals surface area contributed by atoms with E-state index in [1.165, 1.54) is 0 Å². The lowest BCUT2D eigenvalue weighted by Gasteiger charge is -2.32. The number of carbonyl (C=O) groups excluding carboxylic acids is 1. The van der Waals surface area contributed by atoms with Crippen LogP contribution in [0.1, 0.15) is 23.0 Å². The number of H-pyrrole nitrogens is 2. The van der Waals surface area contributed by atoms with E-state index >= 15 is 0 Å². The number of likely N-dealkylation sites (N-methyl/N-ethyl adjacent to an activating group) is 1. The number of nitrogens with zero attached hydrogens (tertiary/aromatic N) is 6. The van der Waals surface area contributed by atoms with Gasteiger partial charge in [-0.15, -0.1) is 0 Å². The lowest BCUT2D eigenvalue weighted by molar-refractivity contribution is 0.101. The van der Waals surface area contributed by atoms with Gasteiger partial charge < -0.3 is 29.4 Å². The molecule has 0 spiro atoms. The van der Waals surface area contributed by atoms with E-state index < -0.39 is 0 Å². The molecule has 5 heterocycles. The first-order valence-electron chi connectivity index (χ1n) is 12.8. The molecule has 192 valence electrons. The molecule has 4 aromatic rings. The van der Waals surface area contributed by atoms with Crippen LogP contribution in [0.15, 0.2) is 30.5 Å². The second-order valence-corrected chi connectivity index (χ2v) is 9.86. The van der Waals surface area contributed by atoms with Gasteiger partial charge in [-0.05, 0) is 38.6 Å². The molecule has 0 aliphatic carbocycles. The van der Waals surface area contributed by atoms with Crippen LogP contribution >= 0.6 is 0 Å². The number of hydrogen-bond donors (Lipinski definition) is 2. The Morgan fingerprint density at radius 1 is 0.946 bits per heavy atom. The largest absolute Gasteiger partial charge is 0.378 e. The van der Waals surface area contributed by atoms with Crippen molar-refractivity contribution in [2.24, 2.45) is 0 Å². The highest BCUT2D eigenvalue weighted by molar-refractivity contribution is 6.05. The molecule has 10 heteroatoms. The van der Waals surface area contributed by atoms with Crippen molar-refractivity contribution in [3.05, 3.63) is 41.7 Å². The Labute approximate surface area is 215 Å². The quantitative estimate of drug-likeness (QED) is 0.403. The summed E-state index contributed by atoms with van der Waals surface area (Å²) in [5, 5.41) is 0. The van der Waals surface area contributed by atoms with Crippen LogP contribution in [-0.4, -0.2) is 95.1 Å². The molecular weight excluding hydrogens is 468 g/mol. The summed E-state index contributed by atoms with van der Waals surface area (Å²) >= 11 is 0. The van der Waals surface area contributed by atoms with Crippen LogP contribution in [0.4, 0.5) is 11.6 Å². The van der Waals surface area contributed by atoms with Gasteiger partial charge in [0.2, 0.25) is 5.95 Å². The molecule has 3 aromatic heterocycles. The number of nitrogens with one attached hydrogen (secondary N) is 2. The number of aromatic amines is 2. The molecule has 2 N–H and O–H groups in total. The van der Waals surface area contributed by atoms with Gasteiger partial charge in [0.05, 0.1) is 25.1 Å². The predicted octanol–water partition coefficient (Wildman–Crippen LogP) is 3.11. The summed E-state index contributed by atoms with van der Waals surface area (Å²) in [5.41, 5.74) is 6.62. The van der Waals surface area contributed by atoms with Gasteiger partial charge in [0.1, 0.15) is 5.52 Å². The molecule has 37 heavy (non-hydrogen) atoms. The van der Waals surface area contributed by atoms with E-state index in [0.29, 0.717) is 23.0 Å². The Kier molecular flexibility index (Phi) is 6.13. The topological polar surface area (TPSA) is 106 Å². The third-order valence-corrected chi connectivity index (χ3v) is 7.32. The minimum Gasteiger partial charge on any atom is -0.378 e. The molecule has 1 aromatic carbocycles. The van der Waals surface area contributed by atoms with Crippen LogP contribution in [0.25, 0.3) is 33.8 Å². The number of hydrogen-bond acceptors (Lipinski definition) is 8. The summed E-state index contributed by atoms with van der Waals surface area (Å²) in [6.07, 6.45) is 1.80. The van der Waals surface area contributed by atoms with E-state index in [1.807, 2.05) is 6.92 Å². The van der Waals surface area contributed by atoms with Gasteiger partial charge in [0.15, 0.2) is 17.3 Å².